The molecule has 2 N–H and O–H groups in total. The number of amides is 1. The van der Waals surface area contributed by atoms with E-state index in [1.807, 2.05) is 0 Å². The van der Waals surface area contributed by atoms with Gasteiger partial charge in [0.1, 0.15) is 0 Å². The Balaban J connectivity index is 2.48. The van der Waals surface area contributed by atoms with Gasteiger partial charge in [-0.1, -0.05) is 0 Å². The average molecular weight is 296 g/mol. The molecule has 0 radical (unpaired) electrons. The normalized spacial score (nSPS) is 12.7. The molecule has 3 nitrogen and oxygen atoms in total. The monoisotopic (exact) mass is 296 g/mol. The number of anilines is 1. The Kier molecular flexibility index (Phi) is 3.15. The molecule has 0 aliphatic heterocycles. The molecule has 0 spiro atoms. The highest BCUT2D eigenvalue weighted by Gasteiger charge is 2.39. The van der Waals surface area contributed by atoms with Crippen LogP contribution in [0.2, 0.25) is 0 Å². The van der Waals surface area contributed by atoms with Crippen molar-refractivity contribution in [2.75, 3.05) is 5.32 Å². The summed E-state index contributed by atoms with van der Waals surface area (Å²) in [6.45, 7) is 0. The fourth-order valence-corrected chi connectivity index (χ4v) is 1.70. The Labute approximate surface area is 107 Å². The van der Waals surface area contributed by atoms with Gasteiger partial charge in [0.05, 0.1) is 16.8 Å². The number of nitrogens with one attached hydrogen (secondary N) is 2. The molecular weight excluding hydrogens is 290 g/mol. The van der Waals surface area contributed by atoms with Crippen LogP contribution >= 0.6 is 0 Å². The highest BCUT2D eigenvalue weighted by atomic mass is 19.4. The minimum absolute atomic E-state index is 0.225. The van der Waals surface area contributed by atoms with Gasteiger partial charge in [0.25, 0.3) is 0 Å². The molecule has 2 aromatic rings. The first kappa shape index (κ1) is 14.2. The number of H-pyrrole nitrogens is 1. The van der Waals surface area contributed by atoms with Gasteiger partial charge in [-0.3, -0.25) is 4.79 Å². The van der Waals surface area contributed by atoms with E-state index in [9.17, 15) is 31.1 Å². The van der Waals surface area contributed by atoms with E-state index in [1.165, 1.54) is 5.32 Å². The van der Waals surface area contributed by atoms with Gasteiger partial charge in [0, 0.05) is 11.6 Å². The number of carbonyl (C=O) groups is 1. The molecule has 2 rings (SSSR count). The Morgan fingerprint density at radius 2 is 1.70 bits per heavy atom. The number of hydrogen-bond acceptors (Lipinski definition) is 1. The number of alkyl halides is 6. The molecule has 20 heavy (non-hydrogen) atoms. The van der Waals surface area contributed by atoms with E-state index >= 15 is 0 Å². The van der Waals surface area contributed by atoms with E-state index in [0.717, 1.165) is 18.3 Å². The van der Waals surface area contributed by atoms with Crippen LogP contribution in [0, 0.1) is 0 Å². The standard InChI is InChI=1S/C11H6F6N2O/c12-10(13,14)6-1-2-7(8-5(6)3-4-18-8)19-9(20)11(15,16)17/h1-4,18H,(H,19,20). The van der Waals surface area contributed by atoms with Crippen LogP contribution in [-0.2, 0) is 11.0 Å². The van der Waals surface area contributed by atoms with Gasteiger partial charge in [-0.2, -0.15) is 26.3 Å². The lowest BCUT2D eigenvalue weighted by Crippen LogP contribution is -2.30. The van der Waals surface area contributed by atoms with Crippen molar-refractivity contribution in [1.29, 1.82) is 0 Å². The van der Waals surface area contributed by atoms with Gasteiger partial charge in [-0.15, -0.1) is 0 Å². The summed E-state index contributed by atoms with van der Waals surface area (Å²) >= 11 is 0. The molecule has 0 fully saturated rings. The van der Waals surface area contributed by atoms with Gasteiger partial charge in [-0.25, -0.2) is 0 Å². The first-order valence-electron chi connectivity index (χ1n) is 5.16. The summed E-state index contributed by atoms with van der Waals surface area (Å²) in [5.74, 6) is -2.26. The van der Waals surface area contributed by atoms with Crippen LogP contribution < -0.4 is 5.32 Å². The van der Waals surface area contributed by atoms with E-state index in [4.69, 9.17) is 0 Å². The molecule has 1 heterocycles. The van der Waals surface area contributed by atoms with E-state index in [0.29, 0.717) is 6.07 Å². The van der Waals surface area contributed by atoms with Crippen molar-refractivity contribution in [3.63, 3.8) is 0 Å². The van der Waals surface area contributed by atoms with Crippen molar-refractivity contribution in [2.24, 2.45) is 0 Å². The second-order valence-electron chi connectivity index (χ2n) is 3.88. The van der Waals surface area contributed by atoms with Crippen LogP contribution in [0.4, 0.5) is 32.0 Å². The van der Waals surface area contributed by atoms with Gasteiger partial charge < -0.3 is 10.3 Å². The summed E-state index contributed by atoms with van der Waals surface area (Å²) in [6, 6.07) is 2.45. The maximum absolute atomic E-state index is 12.7. The number of aromatic nitrogens is 1. The molecule has 0 bridgehead atoms. The third-order valence-electron chi connectivity index (χ3n) is 2.53. The second kappa shape index (κ2) is 4.43. The summed E-state index contributed by atoms with van der Waals surface area (Å²) in [7, 11) is 0. The highest BCUT2D eigenvalue weighted by Crippen LogP contribution is 2.37. The van der Waals surface area contributed by atoms with Crippen LogP contribution in [0.15, 0.2) is 24.4 Å². The Morgan fingerprint density at radius 3 is 2.25 bits per heavy atom. The molecule has 108 valence electrons. The molecule has 9 heteroatoms. The predicted octanol–water partition coefficient (Wildman–Crippen LogP) is 3.69. The zero-order valence-corrected chi connectivity index (χ0v) is 9.49. The lowest BCUT2D eigenvalue weighted by molar-refractivity contribution is -0.167. The molecule has 0 saturated heterocycles. The zero-order valence-electron chi connectivity index (χ0n) is 9.49. The number of benzene rings is 1. The van der Waals surface area contributed by atoms with Crippen LogP contribution in [-0.4, -0.2) is 17.1 Å². The Hall–Kier alpha value is -2.19. The maximum atomic E-state index is 12.7. The molecule has 0 aliphatic rings. The minimum Gasteiger partial charge on any atom is -0.359 e. The van der Waals surface area contributed by atoms with Gasteiger partial charge in [0.15, 0.2) is 0 Å². The maximum Gasteiger partial charge on any atom is 0.471 e. The van der Waals surface area contributed by atoms with E-state index < -0.39 is 23.8 Å². The highest BCUT2D eigenvalue weighted by molar-refractivity contribution is 6.03. The average Bonchev–Trinajstić information content (AvgIpc) is 2.75. The number of rotatable bonds is 1. The molecule has 1 aromatic carbocycles. The Morgan fingerprint density at radius 1 is 1.05 bits per heavy atom. The van der Waals surface area contributed by atoms with Crippen LogP contribution in [0.3, 0.4) is 0 Å². The summed E-state index contributed by atoms with van der Waals surface area (Å²) in [5.41, 5.74) is -1.60. The van der Waals surface area contributed by atoms with Crippen molar-refractivity contribution in [1.82, 2.24) is 4.98 Å². The first-order chi connectivity index (χ1) is 9.10. The first-order valence-corrected chi connectivity index (χ1v) is 5.16. The van der Waals surface area contributed by atoms with E-state index in [1.54, 1.807) is 0 Å². The zero-order chi connectivity index (χ0) is 15.1. The third-order valence-corrected chi connectivity index (χ3v) is 2.53. The number of fused-ring (bicyclic) bond motifs is 1. The number of halogens is 6. The SMILES string of the molecule is O=C(Nc1ccc(C(F)(F)F)c2cc[nH]c12)C(F)(F)F. The fourth-order valence-electron chi connectivity index (χ4n) is 1.70. The largest absolute Gasteiger partial charge is 0.471 e. The number of carbonyl (C=O) groups excluding carboxylic acids is 1. The van der Waals surface area contributed by atoms with E-state index in [2.05, 4.69) is 4.98 Å². The lowest BCUT2D eigenvalue weighted by atomic mass is 10.1. The fraction of sp³-hybridized carbons (Fsp3) is 0.182. The minimum atomic E-state index is -5.12. The predicted molar refractivity (Wildman–Crippen MR) is 58.0 cm³/mol. The number of aromatic amines is 1. The summed E-state index contributed by atoms with van der Waals surface area (Å²) in [6.07, 6.45) is -8.63. The van der Waals surface area contributed by atoms with Crippen LogP contribution in [0.5, 0.6) is 0 Å². The quantitative estimate of drug-likeness (QED) is 0.775. The second-order valence-corrected chi connectivity index (χ2v) is 3.88. The molecule has 1 amide bonds. The Bertz CT molecular complexity index is 655. The van der Waals surface area contributed by atoms with Gasteiger partial charge >= 0.3 is 18.3 Å². The van der Waals surface area contributed by atoms with E-state index in [-0.39, 0.29) is 16.6 Å². The smallest absolute Gasteiger partial charge is 0.359 e. The molecule has 0 saturated carbocycles. The van der Waals surface area contributed by atoms with Crippen molar-refractivity contribution in [2.45, 2.75) is 12.4 Å². The third kappa shape index (κ3) is 2.56. The van der Waals surface area contributed by atoms with Gasteiger partial charge in [0.2, 0.25) is 0 Å². The van der Waals surface area contributed by atoms with Crippen molar-refractivity contribution >= 4 is 22.5 Å². The van der Waals surface area contributed by atoms with Crippen molar-refractivity contribution in [3.8, 4) is 0 Å². The van der Waals surface area contributed by atoms with Crippen molar-refractivity contribution in [3.05, 3.63) is 30.0 Å². The molecular formula is C11H6F6N2O. The molecule has 1 aromatic heterocycles. The summed E-state index contributed by atoms with van der Waals surface area (Å²) in [5, 5.41) is 1.21. The van der Waals surface area contributed by atoms with Crippen LogP contribution in [0.25, 0.3) is 10.9 Å². The molecule has 0 atom stereocenters. The lowest BCUT2D eigenvalue weighted by Gasteiger charge is -2.12. The summed E-state index contributed by atoms with van der Waals surface area (Å²) < 4.78 is 74.5. The molecule has 0 aliphatic carbocycles. The van der Waals surface area contributed by atoms with Crippen molar-refractivity contribution < 1.29 is 31.1 Å². The molecule has 0 unspecified atom stereocenters. The summed E-state index contributed by atoms with van der Waals surface area (Å²) in [4.78, 5) is 13.2. The topological polar surface area (TPSA) is 44.9 Å². The van der Waals surface area contributed by atoms with Gasteiger partial charge in [-0.05, 0) is 18.2 Å². The van der Waals surface area contributed by atoms with Crippen LogP contribution in [0.1, 0.15) is 5.56 Å². The number of hydrogen-bond donors (Lipinski definition) is 2.